The largest absolute Gasteiger partial charge is 0.496 e. The average molecular weight is 183 g/mol. The quantitative estimate of drug-likeness (QED) is 0.694. The highest BCUT2D eigenvalue weighted by molar-refractivity contribution is 5.69. The first kappa shape index (κ1) is 8.82. The lowest BCUT2D eigenvalue weighted by Gasteiger charge is -2.07. The number of methoxy groups -OCH3 is 1. The molecule has 0 aliphatic carbocycles. The van der Waals surface area contributed by atoms with Gasteiger partial charge in [0.1, 0.15) is 5.75 Å². The molecule has 0 atom stereocenters. The normalized spacial score (nSPS) is 9.79. The van der Waals surface area contributed by atoms with Crippen molar-refractivity contribution in [3.63, 3.8) is 0 Å². The van der Waals surface area contributed by atoms with E-state index in [-0.39, 0.29) is 0 Å². The fourth-order valence-corrected chi connectivity index (χ4v) is 1.44. The average Bonchev–Trinajstić information content (AvgIpc) is 2.30. The van der Waals surface area contributed by atoms with E-state index in [1.165, 1.54) is 5.56 Å². The first-order valence-corrected chi connectivity index (χ1v) is 4.51. The van der Waals surface area contributed by atoms with Crippen molar-refractivity contribution >= 4 is 0 Å². The molecule has 14 heavy (non-hydrogen) atoms. The third-order valence-electron chi connectivity index (χ3n) is 2.13. The zero-order chi connectivity index (χ0) is 9.80. The Morgan fingerprint density at radius 1 is 1.07 bits per heavy atom. The van der Waals surface area contributed by atoms with Crippen LogP contribution in [0.5, 0.6) is 5.75 Å². The first-order chi connectivity index (χ1) is 6.92. The Kier molecular flexibility index (Phi) is 2.50. The van der Waals surface area contributed by atoms with Crippen molar-refractivity contribution in [3.05, 3.63) is 54.6 Å². The maximum absolute atomic E-state index is 5.27. The molecule has 0 fully saturated rings. The van der Waals surface area contributed by atoms with E-state index in [1.54, 1.807) is 7.11 Å². The van der Waals surface area contributed by atoms with Crippen molar-refractivity contribution in [2.45, 2.75) is 0 Å². The zero-order valence-electron chi connectivity index (χ0n) is 8.03. The summed E-state index contributed by atoms with van der Waals surface area (Å²) >= 11 is 0. The molecule has 0 aliphatic rings. The van der Waals surface area contributed by atoms with Crippen LogP contribution in [0.25, 0.3) is 11.1 Å². The molecule has 0 saturated carbocycles. The van der Waals surface area contributed by atoms with Crippen LogP contribution >= 0.6 is 0 Å². The van der Waals surface area contributed by atoms with Gasteiger partial charge >= 0.3 is 0 Å². The predicted octanol–water partition coefficient (Wildman–Crippen LogP) is 3.16. The second-order valence-corrected chi connectivity index (χ2v) is 2.99. The van der Waals surface area contributed by atoms with Gasteiger partial charge in [0.15, 0.2) is 0 Å². The second kappa shape index (κ2) is 3.97. The summed E-state index contributed by atoms with van der Waals surface area (Å²) in [5, 5.41) is 0. The maximum Gasteiger partial charge on any atom is 0.127 e. The minimum absolute atomic E-state index is 0.860. The second-order valence-electron chi connectivity index (χ2n) is 2.99. The minimum atomic E-state index is 0.860. The van der Waals surface area contributed by atoms with Crippen molar-refractivity contribution in [1.82, 2.24) is 0 Å². The molecule has 0 unspecified atom stereocenters. The van der Waals surface area contributed by atoms with Crippen molar-refractivity contribution in [2.75, 3.05) is 7.11 Å². The summed E-state index contributed by atoms with van der Waals surface area (Å²) in [6, 6.07) is 18.9. The summed E-state index contributed by atoms with van der Waals surface area (Å²) in [6.45, 7) is 0. The lowest BCUT2D eigenvalue weighted by atomic mass is 10.1. The zero-order valence-corrected chi connectivity index (χ0v) is 8.03. The Balaban J connectivity index is 2.51. The monoisotopic (exact) mass is 183 g/mol. The van der Waals surface area contributed by atoms with Gasteiger partial charge in [0.25, 0.3) is 0 Å². The Morgan fingerprint density at radius 2 is 1.86 bits per heavy atom. The highest BCUT2D eigenvalue weighted by Gasteiger charge is 2.02. The fourth-order valence-electron chi connectivity index (χ4n) is 1.44. The number of hydrogen-bond donors (Lipinski definition) is 0. The summed E-state index contributed by atoms with van der Waals surface area (Å²) < 4.78 is 5.27. The highest BCUT2D eigenvalue weighted by Crippen LogP contribution is 2.28. The summed E-state index contributed by atoms with van der Waals surface area (Å²) in [7, 11) is 1.68. The summed E-state index contributed by atoms with van der Waals surface area (Å²) in [4.78, 5) is 0. The van der Waals surface area contributed by atoms with Gasteiger partial charge in [-0.2, -0.15) is 0 Å². The Hall–Kier alpha value is -1.76. The van der Waals surface area contributed by atoms with E-state index in [1.807, 2.05) is 36.4 Å². The molecule has 0 heterocycles. The minimum Gasteiger partial charge on any atom is -0.496 e. The van der Waals surface area contributed by atoms with E-state index in [0.29, 0.717) is 0 Å². The maximum atomic E-state index is 5.27. The van der Waals surface area contributed by atoms with Gasteiger partial charge in [0.05, 0.1) is 7.11 Å². The molecule has 0 bridgehead atoms. The van der Waals surface area contributed by atoms with Crippen LogP contribution in [0, 0.1) is 6.07 Å². The van der Waals surface area contributed by atoms with Crippen LogP contribution in [0.2, 0.25) is 0 Å². The number of hydrogen-bond acceptors (Lipinski definition) is 1. The van der Waals surface area contributed by atoms with Gasteiger partial charge in [-0.1, -0.05) is 42.5 Å². The Bertz CT molecular complexity index is 407. The van der Waals surface area contributed by atoms with Crippen LogP contribution in [-0.4, -0.2) is 7.11 Å². The highest BCUT2D eigenvalue weighted by atomic mass is 16.5. The molecule has 0 N–H and O–H groups in total. The molecule has 0 aromatic heterocycles. The topological polar surface area (TPSA) is 9.23 Å². The molecule has 2 aromatic carbocycles. The summed E-state index contributed by atoms with van der Waals surface area (Å²) in [6.07, 6.45) is 0. The molecule has 1 nitrogen and oxygen atoms in total. The third-order valence-corrected chi connectivity index (χ3v) is 2.13. The van der Waals surface area contributed by atoms with Crippen molar-refractivity contribution in [1.29, 1.82) is 0 Å². The summed E-state index contributed by atoms with van der Waals surface area (Å²) in [5.74, 6) is 0.860. The van der Waals surface area contributed by atoms with E-state index in [0.717, 1.165) is 11.3 Å². The van der Waals surface area contributed by atoms with Gasteiger partial charge < -0.3 is 4.74 Å². The molecule has 2 rings (SSSR count). The Morgan fingerprint density at radius 3 is 2.57 bits per heavy atom. The van der Waals surface area contributed by atoms with Crippen LogP contribution in [-0.2, 0) is 0 Å². The molecular formula is C13H11O. The van der Waals surface area contributed by atoms with Gasteiger partial charge in [0.2, 0.25) is 0 Å². The van der Waals surface area contributed by atoms with Crippen molar-refractivity contribution in [3.8, 4) is 16.9 Å². The molecule has 0 amide bonds. The number of ether oxygens (including phenoxy) is 1. The van der Waals surface area contributed by atoms with Gasteiger partial charge in [-0.25, -0.2) is 0 Å². The van der Waals surface area contributed by atoms with E-state index >= 15 is 0 Å². The van der Waals surface area contributed by atoms with Gasteiger partial charge in [0, 0.05) is 5.56 Å². The first-order valence-electron chi connectivity index (χ1n) is 4.51. The van der Waals surface area contributed by atoms with E-state index in [4.69, 9.17) is 4.74 Å². The SMILES string of the molecule is COc1c[c]ccc1-c1ccccc1. The molecule has 1 heteroatoms. The van der Waals surface area contributed by atoms with Crippen LogP contribution < -0.4 is 4.74 Å². The van der Waals surface area contributed by atoms with Crippen LogP contribution in [0.1, 0.15) is 0 Å². The van der Waals surface area contributed by atoms with E-state index in [9.17, 15) is 0 Å². The van der Waals surface area contributed by atoms with Crippen LogP contribution in [0.15, 0.2) is 48.5 Å². The molecule has 0 spiro atoms. The van der Waals surface area contributed by atoms with Gasteiger partial charge in [-0.3, -0.25) is 0 Å². The standard InChI is InChI=1S/C13H11O/c1-14-13-10-6-5-9-12(13)11-7-3-2-4-8-11/h2-5,7-10H,1H3. The van der Waals surface area contributed by atoms with Crippen molar-refractivity contribution in [2.24, 2.45) is 0 Å². The lowest BCUT2D eigenvalue weighted by Crippen LogP contribution is -1.86. The van der Waals surface area contributed by atoms with Gasteiger partial charge in [-0.15, -0.1) is 0 Å². The van der Waals surface area contributed by atoms with Crippen LogP contribution in [0.4, 0.5) is 0 Å². The lowest BCUT2D eigenvalue weighted by molar-refractivity contribution is 0.416. The Labute approximate surface area is 84.0 Å². The molecule has 69 valence electrons. The third kappa shape index (κ3) is 1.62. The van der Waals surface area contributed by atoms with Crippen LogP contribution in [0.3, 0.4) is 0 Å². The molecule has 2 aromatic rings. The number of rotatable bonds is 2. The van der Waals surface area contributed by atoms with E-state index < -0.39 is 0 Å². The summed E-state index contributed by atoms with van der Waals surface area (Å²) in [5.41, 5.74) is 2.27. The molecule has 0 aliphatic heterocycles. The van der Waals surface area contributed by atoms with Crippen molar-refractivity contribution < 1.29 is 4.74 Å². The van der Waals surface area contributed by atoms with Gasteiger partial charge in [-0.05, 0) is 17.7 Å². The predicted molar refractivity (Wildman–Crippen MR) is 57.3 cm³/mol. The molecule has 1 radical (unpaired) electrons. The fraction of sp³-hybridized carbons (Fsp3) is 0.0769. The smallest absolute Gasteiger partial charge is 0.127 e. The van der Waals surface area contributed by atoms with E-state index in [2.05, 4.69) is 18.2 Å². The molecule has 0 saturated heterocycles. The number of benzene rings is 2. The molecular weight excluding hydrogens is 172 g/mol.